The van der Waals surface area contributed by atoms with E-state index in [0.29, 0.717) is 11.5 Å². The molecular weight excluding hydrogens is 340 g/mol. The molecule has 1 aliphatic rings. The van der Waals surface area contributed by atoms with Gasteiger partial charge < -0.3 is 15.0 Å². The van der Waals surface area contributed by atoms with Gasteiger partial charge >= 0.3 is 5.97 Å². The first-order valence-corrected chi connectivity index (χ1v) is 8.80. The molecule has 0 radical (unpaired) electrons. The first-order chi connectivity index (χ1) is 13.1. The molecule has 0 saturated heterocycles. The van der Waals surface area contributed by atoms with Crippen molar-refractivity contribution in [3.63, 3.8) is 0 Å². The molecule has 1 aliphatic heterocycles. The molecule has 0 aliphatic carbocycles. The average molecular weight is 360 g/mol. The van der Waals surface area contributed by atoms with Gasteiger partial charge in [0.15, 0.2) is 0 Å². The van der Waals surface area contributed by atoms with E-state index in [0.717, 1.165) is 30.2 Å². The van der Waals surface area contributed by atoms with E-state index in [2.05, 4.69) is 33.4 Å². The number of carbonyl (C=O) groups excluding carboxylic acids is 1. The van der Waals surface area contributed by atoms with Crippen LogP contribution in [0.4, 0.5) is 23.1 Å². The molecule has 0 fully saturated rings. The third-order valence-corrected chi connectivity index (χ3v) is 4.54. The Morgan fingerprint density at radius 3 is 2.81 bits per heavy atom. The summed E-state index contributed by atoms with van der Waals surface area (Å²) in [6.45, 7) is 2.84. The molecule has 4 rings (SSSR count). The maximum Gasteiger partial charge on any atom is 0.337 e. The van der Waals surface area contributed by atoms with Crippen LogP contribution >= 0.6 is 0 Å². The number of rotatable bonds is 4. The van der Waals surface area contributed by atoms with Gasteiger partial charge in [-0.15, -0.1) is 0 Å². The molecule has 2 heterocycles. The average Bonchev–Trinajstić information content (AvgIpc) is 3.11. The van der Waals surface area contributed by atoms with Crippen molar-refractivity contribution in [2.45, 2.75) is 13.3 Å². The van der Waals surface area contributed by atoms with Crippen molar-refractivity contribution in [2.24, 2.45) is 0 Å². The molecule has 27 heavy (non-hydrogen) atoms. The van der Waals surface area contributed by atoms with Gasteiger partial charge in [0.2, 0.25) is 5.95 Å². The quantitative estimate of drug-likeness (QED) is 0.709. The van der Waals surface area contributed by atoms with Crippen LogP contribution < -0.4 is 10.2 Å². The van der Waals surface area contributed by atoms with Crippen molar-refractivity contribution < 1.29 is 9.53 Å². The van der Waals surface area contributed by atoms with Crippen LogP contribution in [0.3, 0.4) is 0 Å². The highest BCUT2D eigenvalue weighted by atomic mass is 16.5. The second kappa shape index (κ2) is 7.07. The first-order valence-electron chi connectivity index (χ1n) is 8.80. The summed E-state index contributed by atoms with van der Waals surface area (Å²) in [5.74, 6) is 0.980. The molecule has 0 amide bonds. The minimum Gasteiger partial charge on any atom is -0.465 e. The fourth-order valence-electron chi connectivity index (χ4n) is 3.29. The van der Waals surface area contributed by atoms with Crippen LogP contribution in [-0.2, 0) is 11.2 Å². The zero-order chi connectivity index (χ0) is 18.8. The van der Waals surface area contributed by atoms with Crippen molar-refractivity contribution in [3.8, 4) is 0 Å². The number of nitrogens with zero attached hydrogens (tertiary/aromatic N) is 3. The highest BCUT2D eigenvalue weighted by molar-refractivity contribution is 5.90. The van der Waals surface area contributed by atoms with E-state index in [9.17, 15) is 4.79 Å². The van der Waals surface area contributed by atoms with Crippen LogP contribution in [0, 0.1) is 6.92 Å². The van der Waals surface area contributed by atoms with E-state index in [4.69, 9.17) is 9.72 Å². The number of anilines is 4. The van der Waals surface area contributed by atoms with Crippen LogP contribution in [-0.4, -0.2) is 29.6 Å². The standard InChI is InChI=1S/C21H20N4O2/c1-14-12-19(25-11-10-15-6-3-4-9-18(15)25)24-21(22-14)23-17-8-5-7-16(13-17)20(26)27-2/h3-9,12-13H,10-11H2,1-2H3,(H,22,23,24). The van der Waals surface area contributed by atoms with E-state index >= 15 is 0 Å². The number of methoxy groups -OCH3 is 1. The summed E-state index contributed by atoms with van der Waals surface area (Å²) in [7, 11) is 1.37. The maximum atomic E-state index is 11.7. The Labute approximate surface area is 157 Å². The Hall–Kier alpha value is -3.41. The summed E-state index contributed by atoms with van der Waals surface area (Å²) in [6, 6.07) is 17.5. The molecule has 6 nitrogen and oxygen atoms in total. The number of hydrogen-bond acceptors (Lipinski definition) is 6. The Morgan fingerprint density at radius 2 is 1.96 bits per heavy atom. The number of aromatic nitrogens is 2. The van der Waals surface area contributed by atoms with Gasteiger partial charge in [0.05, 0.1) is 12.7 Å². The van der Waals surface area contributed by atoms with Crippen LogP contribution in [0.15, 0.2) is 54.6 Å². The van der Waals surface area contributed by atoms with Crippen molar-refractivity contribution >= 4 is 29.1 Å². The summed E-state index contributed by atoms with van der Waals surface area (Å²) >= 11 is 0. The minimum absolute atomic E-state index is 0.377. The number of carbonyl (C=O) groups is 1. The number of nitrogens with one attached hydrogen (secondary N) is 1. The van der Waals surface area contributed by atoms with Gasteiger partial charge in [0.1, 0.15) is 5.82 Å². The number of hydrogen-bond donors (Lipinski definition) is 1. The second-order valence-electron chi connectivity index (χ2n) is 6.42. The number of ether oxygens (including phenoxy) is 1. The molecule has 1 aromatic heterocycles. The van der Waals surface area contributed by atoms with Gasteiger partial charge in [-0.3, -0.25) is 0 Å². The predicted molar refractivity (Wildman–Crippen MR) is 105 cm³/mol. The zero-order valence-electron chi connectivity index (χ0n) is 15.3. The molecule has 3 aromatic rings. The van der Waals surface area contributed by atoms with Crippen LogP contribution in [0.1, 0.15) is 21.6 Å². The van der Waals surface area contributed by atoms with Crippen molar-refractivity contribution in [3.05, 3.63) is 71.4 Å². The topological polar surface area (TPSA) is 67.3 Å². The smallest absolute Gasteiger partial charge is 0.337 e. The number of aryl methyl sites for hydroxylation is 1. The van der Waals surface area contributed by atoms with Gasteiger partial charge in [-0.05, 0) is 43.2 Å². The SMILES string of the molecule is COC(=O)c1cccc(Nc2nc(C)cc(N3CCc4ccccc43)n2)c1. The van der Waals surface area contributed by atoms with E-state index < -0.39 is 0 Å². The monoisotopic (exact) mass is 360 g/mol. The van der Waals surface area contributed by atoms with E-state index in [1.807, 2.05) is 25.1 Å². The first kappa shape index (κ1) is 17.0. The molecule has 136 valence electrons. The second-order valence-corrected chi connectivity index (χ2v) is 6.42. The summed E-state index contributed by atoms with van der Waals surface area (Å²) in [5, 5.41) is 3.20. The lowest BCUT2D eigenvalue weighted by atomic mass is 10.2. The van der Waals surface area contributed by atoms with Crippen LogP contribution in [0.2, 0.25) is 0 Å². The highest BCUT2D eigenvalue weighted by Crippen LogP contribution is 2.33. The number of fused-ring (bicyclic) bond motifs is 1. The highest BCUT2D eigenvalue weighted by Gasteiger charge is 2.21. The number of benzene rings is 2. The molecule has 0 bridgehead atoms. The third kappa shape index (κ3) is 3.46. The summed E-state index contributed by atoms with van der Waals surface area (Å²) in [4.78, 5) is 23.1. The summed E-state index contributed by atoms with van der Waals surface area (Å²) < 4.78 is 4.78. The van der Waals surface area contributed by atoms with Crippen molar-refractivity contribution in [1.82, 2.24) is 9.97 Å². The molecule has 2 aromatic carbocycles. The lowest BCUT2D eigenvalue weighted by Gasteiger charge is -2.19. The van der Waals surface area contributed by atoms with Crippen LogP contribution in [0.25, 0.3) is 0 Å². The van der Waals surface area contributed by atoms with Gasteiger partial charge in [0.25, 0.3) is 0 Å². The molecule has 0 saturated carbocycles. The zero-order valence-corrected chi connectivity index (χ0v) is 15.3. The Morgan fingerprint density at radius 1 is 1.11 bits per heavy atom. The Kier molecular flexibility index (Phi) is 4.46. The lowest BCUT2D eigenvalue weighted by molar-refractivity contribution is 0.0601. The Bertz CT molecular complexity index is 1000. The van der Waals surface area contributed by atoms with Crippen molar-refractivity contribution in [2.75, 3.05) is 23.9 Å². The molecule has 0 spiro atoms. The summed E-state index contributed by atoms with van der Waals surface area (Å²) in [5.41, 5.74) is 4.60. The lowest BCUT2D eigenvalue weighted by Crippen LogP contribution is -2.16. The fourth-order valence-corrected chi connectivity index (χ4v) is 3.29. The molecule has 0 unspecified atom stereocenters. The van der Waals surface area contributed by atoms with Gasteiger partial charge in [-0.2, -0.15) is 4.98 Å². The summed E-state index contributed by atoms with van der Waals surface area (Å²) in [6.07, 6.45) is 1.00. The minimum atomic E-state index is -0.377. The predicted octanol–water partition coefficient (Wildman–Crippen LogP) is 4.01. The Balaban J connectivity index is 1.63. The largest absolute Gasteiger partial charge is 0.465 e. The number of para-hydroxylation sites is 1. The molecule has 6 heteroatoms. The van der Waals surface area contributed by atoms with Gasteiger partial charge in [-0.1, -0.05) is 24.3 Å². The van der Waals surface area contributed by atoms with E-state index in [1.54, 1.807) is 18.2 Å². The molecule has 0 atom stereocenters. The molecular formula is C21H20N4O2. The van der Waals surface area contributed by atoms with Gasteiger partial charge in [-0.25, -0.2) is 9.78 Å². The van der Waals surface area contributed by atoms with Crippen molar-refractivity contribution in [1.29, 1.82) is 0 Å². The number of esters is 1. The maximum absolute atomic E-state index is 11.7. The van der Waals surface area contributed by atoms with E-state index in [-0.39, 0.29) is 5.97 Å². The van der Waals surface area contributed by atoms with Gasteiger partial charge in [0, 0.05) is 29.7 Å². The fraction of sp³-hybridized carbons (Fsp3) is 0.190. The van der Waals surface area contributed by atoms with E-state index in [1.165, 1.54) is 18.4 Å². The molecule has 1 N–H and O–H groups in total. The van der Waals surface area contributed by atoms with Crippen LogP contribution in [0.5, 0.6) is 0 Å². The normalized spacial score (nSPS) is 12.6. The third-order valence-electron chi connectivity index (χ3n) is 4.54.